The molecule has 0 aromatic carbocycles. The van der Waals surface area contributed by atoms with Crippen LogP contribution in [-0.4, -0.2) is 29.1 Å². The lowest BCUT2D eigenvalue weighted by Crippen LogP contribution is -2.46. The summed E-state index contributed by atoms with van der Waals surface area (Å²) in [4.78, 5) is 21.6. The molecule has 0 aliphatic rings. The number of carbonyl (C=O) groups excluding carboxylic acids is 1. The Bertz CT molecular complexity index is 204. The van der Waals surface area contributed by atoms with E-state index in [1.807, 2.05) is 0 Å². The zero-order valence-electron chi connectivity index (χ0n) is 8.07. The van der Waals surface area contributed by atoms with Crippen LogP contribution in [0.25, 0.3) is 0 Å². The largest absolute Gasteiger partial charge is 0.481 e. The third-order valence-corrected chi connectivity index (χ3v) is 1.92. The first-order valence-electron chi connectivity index (χ1n) is 4.15. The molecule has 3 atom stereocenters. The Hall–Kier alpha value is -1.10. The SMILES string of the molecule is CC(N)C(=O)NC(C)C(C)C(=O)O. The highest BCUT2D eigenvalue weighted by Crippen LogP contribution is 2.02. The number of carbonyl (C=O) groups is 2. The highest BCUT2D eigenvalue weighted by Gasteiger charge is 2.21. The molecule has 0 rings (SSSR count). The first kappa shape index (κ1) is 11.9. The van der Waals surface area contributed by atoms with Crippen LogP contribution in [0, 0.1) is 5.92 Å². The first-order chi connectivity index (χ1) is 5.86. The Kier molecular flexibility index (Phi) is 4.40. The van der Waals surface area contributed by atoms with Gasteiger partial charge in [-0.15, -0.1) is 0 Å². The van der Waals surface area contributed by atoms with Crippen molar-refractivity contribution in [3.05, 3.63) is 0 Å². The van der Waals surface area contributed by atoms with Crippen LogP contribution >= 0.6 is 0 Å². The minimum Gasteiger partial charge on any atom is -0.481 e. The van der Waals surface area contributed by atoms with Gasteiger partial charge in [-0.2, -0.15) is 0 Å². The van der Waals surface area contributed by atoms with Crippen LogP contribution in [-0.2, 0) is 9.59 Å². The number of hydrogen-bond donors (Lipinski definition) is 3. The summed E-state index contributed by atoms with van der Waals surface area (Å²) in [5, 5.41) is 11.1. The molecule has 0 radical (unpaired) electrons. The molecule has 0 saturated heterocycles. The molecule has 4 N–H and O–H groups in total. The van der Waals surface area contributed by atoms with Gasteiger partial charge >= 0.3 is 5.97 Å². The Morgan fingerprint density at radius 2 is 1.77 bits per heavy atom. The molecule has 5 heteroatoms. The molecule has 0 aromatic heterocycles. The highest BCUT2D eigenvalue weighted by molar-refractivity contribution is 5.82. The van der Waals surface area contributed by atoms with Crippen LogP contribution in [0.2, 0.25) is 0 Å². The summed E-state index contributed by atoms with van der Waals surface area (Å²) in [6.07, 6.45) is 0. The molecule has 0 fully saturated rings. The average molecular weight is 188 g/mol. The van der Waals surface area contributed by atoms with Crippen molar-refractivity contribution in [1.29, 1.82) is 0 Å². The lowest BCUT2D eigenvalue weighted by atomic mass is 10.0. The third kappa shape index (κ3) is 3.89. The summed E-state index contributed by atoms with van der Waals surface area (Å²) in [6.45, 7) is 4.72. The van der Waals surface area contributed by atoms with Gasteiger partial charge in [0.05, 0.1) is 12.0 Å². The van der Waals surface area contributed by atoms with E-state index in [4.69, 9.17) is 10.8 Å². The second-order valence-electron chi connectivity index (χ2n) is 3.21. The van der Waals surface area contributed by atoms with Crippen molar-refractivity contribution in [3.8, 4) is 0 Å². The fourth-order valence-corrected chi connectivity index (χ4v) is 0.695. The normalized spacial score (nSPS) is 17.2. The van der Waals surface area contributed by atoms with Crippen molar-refractivity contribution < 1.29 is 14.7 Å². The summed E-state index contributed by atoms with van der Waals surface area (Å²) in [5.41, 5.74) is 5.30. The van der Waals surface area contributed by atoms with Gasteiger partial charge in [0.1, 0.15) is 0 Å². The molecule has 3 unspecified atom stereocenters. The van der Waals surface area contributed by atoms with Gasteiger partial charge < -0.3 is 16.2 Å². The van der Waals surface area contributed by atoms with Crippen molar-refractivity contribution >= 4 is 11.9 Å². The van der Waals surface area contributed by atoms with Crippen molar-refractivity contribution in [3.63, 3.8) is 0 Å². The van der Waals surface area contributed by atoms with Gasteiger partial charge in [-0.1, -0.05) is 0 Å². The third-order valence-electron chi connectivity index (χ3n) is 1.92. The topological polar surface area (TPSA) is 92.4 Å². The average Bonchev–Trinajstić information content (AvgIpc) is 2.02. The summed E-state index contributed by atoms with van der Waals surface area (Å²) in [7, 11) is 0. The number of rotatable bonds is 4. The van der Waals surface area contributed by atoms with Gasteiger partial charge in [0.15, 0.2) is 0 Å². The summed E-state index contributed by atoms with van der Waals surface area (Å²) >= 11 is 0. The minimum atomic E-state index is -0.933. The standard InChI is InChI=1S/C8H16N2O3/c1-4(8(12)13)6(3)10-7(11)5(2)9/h4-6H,9H2,1-3H3,(H,10,11)(H,12,13). The molecule has 0 aromatic rings. The zero-order valence-corrected chi connectivity index (χ0v) is 8.07. The van der Waals surface area contributed by atoms with Gasteiger partial charge in [0.2, 0.25) is 5.91 Å². The molecular formula is C8H16N2O3. The van der Waals surface area contributed by atoms with Gasteiger partial charge in [0, 0.05) is 6.04 Å². The fraction of sp³-hybridized carbons (Fsp3) is 0.750. The van der Waals surface area contributed by atoms with Crippen LogP contribution in [0.1, 0.15) is 20.8 Å². The van der Waals surface area contributed by atoms with Crippen LogP contribution in [0.3, 0.4) is 0 Å². The first-order valence-corrected chi connectivity index (χ1v) is 4.15. The Labute approximate surface area is 77.3 Å². The van der Waals surface area contributed by atoms with Crippen LogP contribution in [0.4, 0.5) is 0 Å². The van der Waals surface area contributed by atoms with E-state index in [2.05, 4.69) is 5.32 Å². The predicted molar refractivity (Wildman–Crippen MR) is 48.1 cm³/mol. The van der Waals surface area contributed by atoms with Gasteiger partial charge in [-0.05, 0) is 20.8 Å². The Morgan fingerprint density at radius 1 is 1.31 bits per heavy atom. The van der Waals surface area contributed by atoms with Crippen LogP contribution < -0.4 is 11.1 Å². The second kappa shape index (κ2) is 4.81. The highest BCUT2D eigenvalue weighted by atomic mass is 16.4. The monoisotopic (exact) mass is 188 g/mol. The summed E-state index contributed by atoms with van der Waals surface area (Å²) in [6, 6.07) is -1.01. The lowest BCUT2D eigenvalue weighted by molar-refractivity contribution is -0.142. The number of carboxylic acid groups (broad SMARTS) is 1. The fourth-order valence-electron chi connectivity index (χ4n) is 0.695. The van der Waals surface area contributed by atoms with Crippen molar-refractivity contribution in [2.75, 3.05) is 0 Å². The number of nitrogens with one attached hydrogen (secondary N) is 1. The smallest absolute Gasteiger partial charge is 0.308 e. The second-order valence-corrected chi connectivity index (χ2v) is 3.21. The quantitative estimate of drug-likeness (QED) is 0.557. The molecule has 76 valence electrons. The maximum Gasteiger partial charge on any atom is 0.308 e. The molecule has 0 bridgehead atoms. The molecule has 0 spiro atoms. The molecule has 0 heterocycles. The summed E-state index contributed by atoms with van der Waals surface area (Å²) < 4.78 is 0. The zero-order chi connectivity index (χ0) is 10.6. The molecule has 0 saturated carbocycles. The molecular weight excluding hydrogens is 172 g/mol. The van der Waals surface area contributed by atoms with E-state index in [1.165, 1.54) is 6.92 Å². The Balaban J connectivity index is 4.07. The van der Waals surface area contributed by atoms with Crippen molar-refractivity contribution in [2.45, 2.75) is 32.9 Å². The molecule has 0 aliphatic heterocycles. The number of hydrogen-bond acceptors (Lipinski definition) is 3. The maximum absolute atomic E-state index is 11.1. The number of amides is 1. The number of nitrogens with two attached hydrogens (primary N) is 1. The van der Waals surface area contributed by atoms with E-state index in [-0.39, 0.29) is 5.91 Å². The van der Waals surface area contributed by atoms with Gasteiger partial charge in [0.25, 0.3) is 0 Å². The molecule has 0 aliphatic carbocycles. The van der Waals surface area contributed by atoms with Gasteiger partial charge in [-0.3, -0.25) is 9.59 Å². The minimum absolute atomic E-state index is 0.333. The maximum atomic E-state index is 11.1. The van der Waals surface area contributed by atoms with Crippen molar-refractivity contribution in [2.24, 2.45) is 11.7 Å². The lowest BCUT2D eigenvalue weighted by Gasteiger charge is -2.18. The van der Waals surface area contributed by atoms with E-state index in [0.29, 0.717) is 0 Å². The van der Waals surface area contributed by atoms with E-state index in [0.717, 1.165) is 0 Å². The number of aliphatic carboxylic acids is 1. The van der Waals surface area contributed by atoms with Crippen LogP contribution in [0.15, 0.2) is 0 Å². The van der Waals surface area contributed by atoms with E-state index in [1.54, 1.807) is 13.8 Å². The van der Waals surface area contributed by atoms with Crippen LogP contribution in [0.5, 0.6) is 0 Å². The molecule has 1 amide bonds. The summed E-state index contributed by atoms with van der Waals surface area (Å²) in [5.74, 6) is -1.87. The van der Waals surface area contributed by atoms with Gasteiger partial charge in [-0.25, -0.2) is 0 Å². The molecule has 5 nitrogen and oxygen atoms in total. The van der Waals surface area contributed by atoms with Crippen molar-refractivity contribution in [1.82, 2.24) is 5.32 Å². The van der Waals surface area contributed by atoms with E-state index >= 15 is 0 Å². The van der Waals surface area contributed by atoms with E-state index in [9.17, 15) is 9.59 Å². The number of carboxylic acids is 1. The van der Waals surface area contributed by atoms with E-state index < -0.39 is 24.0 Å². The Morgan fingerprint density at radius 3 is 2.08 bits per heavy atom. The molecule has 13 heavy (non-hydrogen) atoms. The predicted octanol–water partition coefficient (Wildman–Crippen LogP) is -0.441.